The lowest BCUT2D eigenvalue weighted by atomic mass is 10.0. The molecule has 2 aromatic rings. The molecule has 0 aliphatic carbocycles. The van der Waals surface area contributed by atoms with Crippen molar-refractivity contribution in [2.24, 2.45) is 5.73 Å². The third kappa shape index (κ3) is 5.29. The molecule has 2 aliphatic heterocycles. The van der Waals surface area contributed by atoms with E-state index in [0.29, 0.717) is 30.4 Å². The molecule has 0 unspecified atom stereocenters. The van der Waals surface area contributed by atoms with Crippen LogP contribution in [-0.4, -0.2) is 53.0 Å². The average Bonchev–Trinajstić information content (AvgIpc) is 3.23. The van der Waals surface area contributed by atoms with Crippen LogP contribution < -0.4 is 16.4 Å². The summed E-state index contributed by atoms with van der Waals surface area (Å²) in [6.45, 7) is 3.34. The number of halogens is 2. The summed E-state index contributed by atoms with van der Waals surface area (Å²) < 4.78 is 0. The van der Waals surface area contributed by atoms with Crippen LogP contribution >= 0.6 is 24.8 Å². The van der Waals surface area contributed by atoms with Crippen LogP contribution in [0, 0.1) is 0 Å². The zero-order chi connectivity index (χ0) is 18.8. The molecular formula is C20H28Cl2N6O. The van der Waals surface area contributed by atoms with E-state index < -0.39 is 0 Å². The maximum atomic E-state index is 12.9. The Bertz CT molecular complexity index is 835. The lowest BCUT2D eigenvalue weighted by Gasteiger charge is -2.30. The van der Waals surface area contributed by atoms with E-state index in [9.17, 15) is 4.79 Å². The lowest BCUT2D eigenvalue weighted by molar-refractivity contribution is 0.0715. The minimum absolute atomic E-state index is 0. The van der Waals surface area contributed by atoms with E-state index in [4.69, 9.17) is 16.5 Å². The average molecular weight is 439 g/mol. The second-order valence-corrected chi connectivity index (χ2v) is 7.38. The van der Waals surface area contributed by atoms with Crippen molar-refractivity contribution in [3.8, 4) is 11.3 Å². The van der Waals surface area contributed by atoms with Crippen LogP contribution in [0.4, 0.5) is 11.8 Å². The molecule has 2 aliphatic rings. The molecule has 0 bridgehead atoms. The van der Waals surface area contributed by atoms with Crippen molar-refractivity contribution < 1.29 is 4.79 Å². The quantitative estimate of drug-likeness (QED) is 0.763. The zero-order valence-corrected chi connectivity index (χ0v) is 17.9. The second kappa shape index (κ2) is 10.1. The van der Waals surface area contributed by atoms with Gasteiger partial charge in [0.1, 0.15) is 5.82 Å². The molecule has 4 N–H and O–H groups in total. The van der Waals surface area contributed by atoms with Crippen molar-refractivity contribution in [3.05, 3.63) is 35.9 Å². The van der Waals surface area contributed by atoms with Crippen LogP contribution in [0.3, 0.4) is 0 Å². The Labute approximate surface area is 183 Å². The molecule has 4 rings (SSSR count). The molecule has 3 heterocycles. The van der Waals surface area contributed by atoms with Crippen LogP contribution in [0.5, 0.6) is 0 Å². The molecule has 2 saturated heterocycles. The number of benzene rings is 1. The monoisotopic (exact) mass is 438 g/mol. The predicted octanol–water partition coefficient (Wildman–Crippen LogP) is 2.73. The van der Waals surface area contributed by atoms with E-state index in [2.05, 4.69) is 9.88 Å². The van der Waals surface area contributed by atoms with Gasteiger partial charge in [0.25, 0.3) is 5.91 Å². The third-order valence-corrected chi connectivity index (χ3v) is 5.36. The number of aromatic nitrogens is 2. The van der Waals surface area contributed by atoms with Crippen LogP contribution in [0.25, 0.3) is 11.3 Å². The fraction of sp³-hybridized carbons (Fsp3) is 0.450. The van der Waals surface area contributed by atoms with Crippen molar-refractivity contribution in [1.82, 2.24) is 14.9 Å². The van der Waals surface area contributed by atoms with Gasteiger partial charge in [0.05, 0.1) is 5.69 Å². The molecule has 1 amide bonds. The number of carbonyl (C=O) groups is 1. The van der Waals surface area contributed by atoms with Crippen LogP contribution in [-0.2, 0) is 0 Å². The van der Waals surface area contributed by atoms with Crippen molar-refractivity contribution in [2.45, 2.75) is 31.7 Å². The Hall–Kier alpha value is -2.09. The fourth-order valence-electron chi connectivity index (χ4n) is 3.76. The normalized spacial score (nSPS) is 16.9. The molecule has 1 aromatic heterocycles. The first-order chi connectivity index (χ1) is 13.1. The van der Waals surface area contributed by atoms with Crippen LogP contribution in [0.1, 0.15) is 36.0 Å². The Morgan fingerprint density at radius 3 is 2.38 bits per heavy atom. The van der Waals surface area contributed by atoms with E-state index >= 15 is 0 Å². The van der Waals surface area contributed by atoms with E-state index in [-0.39, 0.29) is 36.8 Å². The first-order valence-electron chi connectivity index (χ1n) is 9.65. The number of hydrogen-bond acceptors (Lipinski definition) is 6. The highest BCUT2D eigenvalue weighted by atomic mass is 35.5. The van der Waals surface area contributed by atoms with Gasteiger partial charge in [0.15, 0.2) is 0 Å². The highest BCUT2D eigenvalue weighted by molar-refractivity contribution is 5.95. The SMILES string of the molecule is Cl.Cl.Nc1cc(-c2cccc(C(=O)N3CCC(N)CC3)c2)nc(N2CCCC2)n1. The molecule has 9 heteroatoms. The Balaban J connectivity index is 0.00000150. The number of nitrogen functional groups attached to an aromatic ring is 1. The number of hydrogen-bond donors (Lipinski definition) is 2. The largest absolute Gasteiger partial charge is 0.384 e. The first kappa shape index (κ1) is 23.2. The van der Waals surface area contributed by atoms with E-state index in [1.165, 1.54) is 0 Å². The predicted molar refractivity (Wildman–Crippen MR) is 121 cm³/mol. The Morgan fingerprint density at radius 1 is 1.00 bits per heavy atom. The molecule has 0 atom stereocenters. The number of nitrogens with zero attached hydrogens (tertiary/aromatic N) is 4. The first-order valence-corrected chi connectivity index (χ1v) is 9.65. The second-order valence-electron chi connectivity index (χ2n) is 7.38. The molecule has 7 nitrogen and oxygen atoms in total. The summed E-state index contributed by atoms with van der Waals surface area (Å²) in [4.78, 5) is 26.0. The van der Waals surface area contributed by atoms with Gasteiger partial charge >= 0.3 is 0 Å². The van der Waals surface area contributed by atoms with Gasteiger partial charge in [-0.2, -0.15) is 4.98 Å². The van der Waals surface area contributed by atoms with Crippen molar-refractivity contribution in [3.63, 3.8) is 0 Å². The molecule has 158 valence electrons. The molecular weight excluding hydrogens is 411 g/mol. The summed E-state index contributed by atoms with van der Waals surface area (Å²) in [5.41, 5.74) is 14.3. The van der Waals surface area contributed by atoms with Gasteiger partial charge in [0.2, 0.25) is 5.95 Å². The number of anilines is 2. The van der Waals surface area contributed by atoms with E-state index in [0.717, 1.165) is 50.0 Å². The number of piperidine rings is 1. The smallest absolute Gasteiger partial charge is 0.253 e. The minimum atomic E-state index is 0. The molecule has 0 spiro atoms. The number of rotatable bonds is 3. The number of amides is 1. The van der Waals surface area contributed by atoms with Gasteiger partial charge in [-0.1, -0.05) is 12.1 Å². The lowest BCUT2D eigenvalue weighted by Crippen LogP contribution is -2.42. The molecule has 0 radical (unpaired) electrons. The Morgan fingerprint density at radius 2 is 1.69 bits per heavy atom. The van der Waals surface area contributed by atoms with Gasteiger partial charge in [-0.3, -0.25) is 4.79 Å². The zero-order valence-electron chi connectivity index (χ0n) is 16.3. The van der Waals surface area contributed by atoms with Gasteiger partial charge < -0.3 is 21.3 Å². The summed E-state index contributed by atoms with van der Waals surface area (Å²) in [5.74, 6) is 1.17. The summed E-state index contributed by atoms with van der Waals surface area (Å²) >= 11 is 0. The topological polar surface area (TPSA) is 101 Å². The summed E-state index contributed by atoms with van der Waals surface area (Å²) in [6.07, 6.45) is 4.01. The maximum Gasteiger partial charge on any atom is 0.253 e. The van der Waals surface area contributed by atoms with Crippen molar-refractivity contribution in [1.29, 1.82) is 0 Å². The summed E-state index contributed by atoms with van der Waals surface area (Å²) in [6, 6.07) is 9.57. The summed E-state index contributed by atoms with van der Waals surface area (Å²) in [5, 5.41) is 0. The van der Waals surface area contributed by atoms with E-state index in [1.54, 1.807) is 6.07 Å². The minimum Gasteiger partial charge on any atom is -0.384 e. The molecule has 0 saturated carbocycles. The van der Waals surface area contributed by atoms with Gasteiger partial charge in [0, 0.05) is 49.4 Å². The fourth-order valence-corrected chi connectivity index (χ4v) is 3.76. The summed E-state index contributed by atoms with van der Waals surface area (Å²) in [7, 11) is 0. The van der Waals surface area contributed by atoms with Crippen LogP contribution in [0.15, 0.2) is 30.3 Å². The van der Waals surface area contributed by atoms with Gasteiger partial charge in [-0.05, 0) is 37.8 Å². The van der Waals surface area contributed by atoms with Crippen molar-refractivity contribution >= 4 is 42.5 Å². The highest BCUT2D eigenvalue weighted by Crippen LogP contribution is 2.25. The standard InChI is InChI=1S/C20H26N6O.2ClH/c21-16-6-10-25(11-7-16)19(27)15-5-3-4-14(12-15)17-13-18(22)24-20(23-17)26-8-1-2-9-26;;/h3-5,12-13,16H,1-2,6-11,21H2,(H2,22,23,24);2*1H. The number of carbonyl (C=O) groups excluding carboxylic acids is 1. The number of likely N-dealkylation sites (tertiary alicyclic amines) is 1. The van der Waals surface area contributed by atoms with Crippen molar-refractivity contribution in [2.75, 3.05) is 36.8 Å². The van der Waals surface area contributed by atoms with Crippen LogP contribution in [0.2, 0.25) is 0 Å². The third-order valence-electron chi connectivity index (χ3n) is 5.36. The highest BCUT2D eigenvalue weighted by Gasteiger charge is 2.22. The number of nitrogens with two attached hydrogens (primary N) is 2. The van der Waals surface area contributed by atoms with Gasteiger partial charge in [-0.25, -0.2) is 4.98 Å². The molecule has 2 fully saturated rings. The maximum absolute atomic E-state index is 12.9. The Kier molecular flexibility index (Phi) is 8.07. The van der Waals surface area contributed by atoms with Gasteiger partial charge in [-0.15, -0.1) is 24.8 Å². The molecule has 29 heavy (non-hydrogen) atoms. The molecule has 1 aromatic carbocycles. The van der Waals surface area contributed by atoms with E-state index in [1.807, 2.05) is 29.2 Å².